The van der Waals surface area contributed by atoms with Crippen molar-refractivity contribution in [3.05, 3.63) is 77.0 Å². The molecule has 1 aliphatic heterocycles. The fraction of sp³-hybridized carbons (Fsp3) is 0.320. The fourth-order valence-electron chi connectivity index (χ4n) is 3.83. The Morgan fingerprint density at radius 3 is 2.56 bits per heavy atom. The second kappa shape index (κ2) is 10.1. The molecular weight excluding hydrogens is 484 g/mol. The number of hydrogen-bond acceptors (Lipinski definition) is 8. The van der Waals surface area contributed by atoms with Gasteiger partial charge in [0.15, 0.2) is 17.5 Å². The smallest absolute Gasteiger partial charge is 0.306 e. The summed E-state index contributed by atoms with van der Waals surface area (Å²) in [5, 5.41) is 4.20. The third-order valence-electron chi connectivity index (χ3n) is 5.92. The second-order valence-electron chi connectivity index (χ2n) is 8.94. The maximum atomic E-state index is 13.3. The Morgan fingerprint density at radius 1 is 1.11 bits per heavy atom. The molecule has 0 amide bonds. The SMILES string of the molecule is CC(C)(c1cccc(C(=O)c2ccccc2OS(C)(=O)=O)c1)c1cc(/N=C(\N)N2CCOCC2)on1. The van der Waals surface area contributed by atoms with E-state index in [2.05, 4.69) is 10.1 Å². The average molecular weight is 513 g/mol. The van der Waals surface area contributed by atoms with E-state index in [-0.39, 0.29) is 23.0 Å². The first kappa shape index (κ1) is 25.4. The van der Waals surface area contributed by atoms with Crippen molar-refractivity contribution in [3.8, 4) is 5.75 Å². The van der Waals surface area contributed by atoms with Crippen molar-refractivity contribution in [2.24, 2.45) is 10.7 Å². The molecule has 0 unspecified atom stereocenters. The van der Waals surface area contributed by atoms with E-state index < -0.39 is 15.5 Å². The molecule has 190 valence electrons. The summed E-state index contributed by atoms with van der Waals surface area (Å²) in [5.74, 6) is 0.227. The second-order valence-corrected chi connectivity index (χ2v) is 10.5. The summed E-state index contributed by atoms with van der Waals surface area (Å²) in [5.41, 5.74) is 7.42. The van der Waals surface area contributed by atoms with E-state index in [1.165, 1.54) is 12.1 Å². The minimum atomic E-state index is -3.80. The van der Waals surface area contributed by atoms with Crippen LogP contribution in [0.15, 0.2) is 64.1 Å². The van der Waals surface area contributed by atoms with Crippen LogP contribution >= 0.6 is 0 Å². The number of morpholine rings is 1. The van der Waals surface area contributed by atoms with E-state index in [0.717, 1.165) is 11.8 Å². The van der Waals surface area contributed by atoms with Gasteiger partial charge in [-0.3, -0.25) is 4.79 Å². The highest BCUT2D eigenvalue weighted by atomic mass is 32.2. The van der Waals surface area contributed by atoms with Gasteiger partial charge in [0, 0.05) is 30.1 Å². The summed E-state index contributed by atoms with van der Waals surface area (Å²) in [7, 11) is -3.80. The molecule has 4 rings (SSSR count). The van der Waals surface area contributed by atoms with Crippen LogP contribution in [0.2, 0.25) is 0 Å². The molecule has 2 N–H and O–H groups in total. The Hall–Kier alpha value is -3.70. The number of carbonyl (C=O) groups is 1. The molecule has 10 nitrogen and oxygen atoms in total. The molecule has 0 radical (unpaired) electrons. The number of rotatable bonds is 7. The molecule has 0 saturated carbocycles. The first-order valence-electron chi connectivity index (χ1n) is 11.3. The van der Waals surface area contributed by atoms with E-state index >= 15 is 0 Å². The number of ketones is 1. The number of ether oxygens (including phenoxy) is 1. The van der Waals surface area contributed by atoms with Crippen LogP contribution in [-0.4, -0.2) is 62.8 Å². The summed E-state index contributed by atoms with van der Waals surface area (Å²) >= 11 is 0. The van der Waals surface area contributed by atoms with E-state index in [1.807, 2.05) is 24.8 Å². The number of aliphatic imine (C=N–C) groups is 1. The van der Waals surface area contributed by atoms with Gasteiger partial charge in [-0.1, -0.05) is 49.3 Å². The molecule has 0 aliphatic carbocycles. The molecule has 1 aromatic heterocycles. The summed E-state index contributed by atoms with van der Waals surface area (Å²) in [4.78, 5) is 19.6. The Bertz CT molecular complexity index is 1390. The minimum Gasteiger partial charge on any atom is -0.382 e. The third-order valence-corrected chi connectivity index (χ3v) is 6.40. The lowest BCUT2D eigenvalue weighted by Gasteiger charge is -2.27. The predicted octanol–water partition coefficient (Wildman–Crippen LogP) is 2.85. The Morgan fingerprint density at radius 2 is 1.83 bits per heavy atom. The maximum absolute atomic E-state index is 13.3. The molecule has 3 aromatic rings. The molecule has 1 fully saturated rings. The molecule has 1 saturated heterocycles. The van der Waals surface area contributed by atoms with Gasteiger partial charge in [0.1, 0.15) is 0 Å². The third kappa shape index (κ3) is 5.74. The van der Waals surface area contributed by atoms with Gasteiger partial charge in [-0.15, -0.1) is 0 Å². The molecule has 2 aromatic carbocycles. The fourth-order valence-corrected chi connectivity index (χ4v) is 4.30. The van der Waals surface area contributed by atoms with E-state index in [0.29, 0.717) is 43.5 Å². The highest BCUT2D eigenvalue weighted by Gasteiger charge is 2.29. The zero-order chi connectivity index (χ0) is 25.9. The number of guanidine groups is 1. The van der Waals surface area contributed by atoms with Crippen molar-refractivity contribution >= 4 is 27.7 Å². The van der Waals surface area contributed by atoms with Crippen LogP contribution in [0.1, 0.15) is 41.0 Å². The number of nitrogens with zero attached hydrogens (tertiary/aromatic N) is 3. The van der Waals surface area contributed by atoms with Crippen molar-refractivity contribution in [1.82, 2.24) is 10.1 Å². The molecule has 0 spiro atoms. The van der Waals surface area contributed by atoms with Gasteiger partial charge in [0.2, 0.25) is 0 Å². The first-order chi connectivity index (χ1) is 17.0. The summed E-state index contributed by atoms with van der Waals surface area (Å²) < 4.78 is 39.1. The number of carbonyl (C=O) groups excluding carboxylic acids is 1. The predicted molar refractivity (Wildman–Crippen MR) is 134 cm³/mol. The largest absolute Gasteiger partial charge is 0.382 e. The van der Waals surface area contributed by atoms with Gasteiger partial charge < -0.3 is 24.1 Å². The number of aromatic nitrogens is 1. The Kier molecular flexibility index (Phi) is 7.14. The Labute approximate surface area is 209 Å². The summed E-state index contributed by atoms with van der Waals surface area (Å²) in [6.07, 6.45) is 0.933. The summed E-state index contributed by atoms with van der Waals surface area (Å²) in [6, 6.07) is 15.0. The number of para-hydroxylation sites is 1. The zero-order valence-corrected chi connectivity index (χ0v) is 21.1. The van der Waals surface area contributed by atoms with Crippen molar-refractivity contribution in [2.75, 3.05) is 32.6 Å². The van der Waals surface area contributed by atoms with Crippen LogP contribution in [0.5, 0.6) is 5.75 Å². The van der Waals surface area contributed by atoms with Crippen molar-refractivity contribution in [3.63, 3.8) is 0 Å². The standard InChI is InChI=1S/C25H28N4O6S/c1-25(2,21-16-22(34-28-21)27-24(26)29-11-13-33-14-12-29)18-8-6-7-17(15-18)23(30)19-9-4-5-10-20(19)35-36(3,31)32/h4-10,15-16H,11-14H2,1-3H3,(H2,26,27). The lowest BCUT2D eigenvalue weighted by Crippen LogP contribution is -2.44. The van der Waals surface area contributed by atoms with Crippen LogP contribution in [0, 0.1) is 0 Å². The molecular formula is C25H28N4O6S. The summed E-state index contributed by atoms with van der Waals surface area (Å²) in [6.45, 7) is 6.39. The van der Waals surface area contributed by atoms with E-state index in [9.17, 15) is 13.2 Å². The molecule has 36 heavy (non-hydrogen) atoms. The molecule has 0 atom stereocenters. The topological polar surface area (TPSA) is 137 Å². The maximum Gasteiger partial charge on any atom is 0.306 e. The molecule has 11 heteroatoms. The number of hydrogen-bond donors (Lipinski definition) is 1. The lowest BCUT2D eigenvalue weighted by molar-refractivity contribution is 0.0675. The van der Waals surface area contributed by atoms with Crippen molar-refractivity contribution in [1.29, 1.82) is 0 Å². The molecule has 2 heterocycles. The number of benzene rings is 2. The quantitative estimate of drug-likeness (QED) is 0.219. The molecule has 0 bridgehead atoms. The van der Waals surface area contributed by atoms with Gasteiger partial charge in [-0.05, 0) is 23.8 Å². The monoisotopic (exact) mass is 512 g/mol. The van der Waals surface area contributed by atoms with Crippen LogP contribution < -0.4 is 9.92 Å². The number of nitrogens with two attached hydrogens (primary N) is 1. The minimum absolute atomic E-state index is 0.0217. The van der Waals surface area contributed by atoms with Crippen molar-refractivity contribution < 1.29 is 26.7 Å². The average Bonchev–Trinajstić information content (AvgIpc) is 3.33. The van der Waals surface area contributed by atoms with Crippen LogP contribution in [0.4, 0.5) is 5.88 Å². The van der Waals surface area contributed by atoms with Gasteiger partial charge in [-0.25, -0.2) is 0 Å². The van der Waals surface area contributed by atoms with Crippen LogP contribution in [-0.2, 0) is 20.3 Å². The highest BCUT2D eigenvalue weighted by molar-refractivity contribution is 7.86. The van der Waals surface area contributed by atoms with Crippen LogP contribution in [0.25, 0.3) is 0 Å². The van der Waals surface area contributed by atoms with Gasteiger partial charge >= 0.3 is 10.1 Å². The van der Waals surface area contributed by atoms with Gasteiger partial charge in [0.25, 0.3) is 5.88 Å². The lowest BCUT2D eigenvalue weighted by atomic mass is 9.80. The zero-order valence-electron chi connectivity index (χ0n) is 20.3. The van der Waals surface area contributed by atoms with Gasteiger partial charge in [0.05, 0.1) is 30.7 Å². The van der Waals surface area contributed by atoms with Crippen molar-refractivity contribution in [2.45, 2.75) is 19.3 Å². The Balaban J connectivity index is 1.60. The molecule has 1 aliphatic rings. The van der Waals surface area contributed by atoms with Gasteiger partial charge in [-0.2, -0.15) is 13.4 Å². The highest BCUT2D eigenvalue weighted by Crippen LogP contribution is 2.34. The first-order valence-corrected chi connectivity index (χ1v) is 13.1. The van der Waals surface area contributed by atoms with E-state index in [1.54, 1.807) is 36.4 Å². The van der Waals surface area contributed by atoms with Crippen LogP contribution in [0.3, 0.4) is 0 Å². The van der Waals surface area contributed by atoms with E-state index in [4.69, 9.17) is 19.2 Å². The normalized spacial score (nSPS) is 15.1.